The largest absolute Gasteiger partial charge is 0.372 e. The summed E-state index contributed by atoms with van der Waals surface area (Å²) in [6.45, 7) is 2.05. The lowest BCUT2D eigenvalue weighted by Gasteiger charge is -2.08. The lowest BCUT2D eigenvalue weighted by Crippen LogP contribution is -1.96. The fourth-order valence-corrected chi connectivity index (χ4v) is 2.72. The molecule has 84 valence electrons. The van der Waals surface area contributed by atoms with E-state index < -0.39 is 0 Å². The summed E-state index contributed by atoms with van der Waals surface area (Å²) in [4.78, 5) is 5.62. The van der Waals surface area contributed by atoms with Crippen LogP contribution in [0, 0.1) is 6.92 Å². The van der Waals surface area contributed by atoms with Crippen LogP contribution in [0.25, 0.3) is 11.3 Å². The van der Waals surface area contributed by atoms with Gasteiger partial charge in [0.2, 0.25) is 0 Å². The summed E-state index contributed by atoms with van der Waals surface area (Å²) in [6.07, 6.45) is 0. The van der Waals surface area contributed by atoms with Crippen molar-refractivity contribution in [3.8, 4) is 11.3 Å². The first-order valence-electron chi connectivity index (χ1n) is 4.71. The third-order valence-corrected chi connectivity index (χ3v) is 3.70. The number of aryl methyl sites for hydroxylation is 1. The Kier molecular flexibility index (Phi) is 3.38. The first-order valence-corrected chi connectivity index (χ1v) is 6.35. The Balaban J connectivity index is 2.61. The van der Waals surface area contributed by atoms with Gasteiger partial charge in [-0.1, -0.05) is 23.2 Å². The summed E-state index contributed by atoms with van der Waals surface area (Å²) in [5, 5.41) is 6.08. The average Bonchev–Trinajstić information content (AvgIpc) is 2.65. The lowest BCUT2D eigenvalue weighted by molar-refractivity contribution is 1.28. The number of anilines is 1. The molecule has 0 fully saturated rings. The van der Waals surface area contributed by atoms with Crippen LogP contribution in [-0.2, 0) is 0 Å². The average molecular weight is 273 g/mol. The van der Waals surface area contributed by atoms with E-state index in [0.717, 1.165) is 11.3 Å². The second kappa shape index (κ2) is 4.62. The van der Waals surface area contributed by atoms with Crippen LogP contribution in [0.1, 0.15) is 4.88 Å². The number of halogens is 2. The van der Waals surface area contributed by atoms with E-state index in [0.29, 0.717) is 15.9 Å². The van der Waals surface area contributed by atoms with Gasteiger partial charge in [-0.15, -0.1) is 11.3 Å². The van der Waals surface area contributed by atoms with Gasteiger partial charge < -0.3 is 5.32 Å². The van der Waals surface area contributed by atoms with E-state index in [1.165, 1.54) is 4.88 Å². The summed E-state index contributed by atoms with van der Waals surface area (Å²) >= 11 is 13.8. The summed E-state index contributed by atoms with van der Waals surface area (Å²) in [6, 6.07) is 3.73. The van der Waals surface area contributed by atoms with Gasteiger partial charge in [0, 0.05) is 17.5 Å². The smallest absolute Gasteiger partial charge is 0.145 e. The first-order chi connectivity index (χ1) is 7.63. The van der Waals surface area contributed by atoms with Crippen molar-refractivity contribution in [2.75, 3.05) is 12.4 Å². The minimum atomic E-state index is 0.532. The van der Waals surface area contributed by atoms with Crippen LogP contribution in [0.4, 0.5) is 5.82 Å². The molecule has 0 bridgehead atoms. The molecule has 0 unspecified atom stereocenters. The first kappa shape index (κ1) is 11.7. The third kappa shape index (κ3) is 2.03. The van der Waals surface area contributed by atoms with Gasteiger partial charge in [0.25, 0.3) is 0 Å². The van der Waals surface area contributed by atoms with Gasteiger partial charge in [0.05, 0.1) is 15.7 Å². The quantitative estimate of drug-likeness (QED) is 0.873. The molecule has 2 aromatic rings. The molecule has 0 aliphatic carbocycles. The monoisotopic (exact) mass is 272 g/mol. The van der Waals surface area contributed by atoms with E-state index in [2.05, 4.69) is 10.3 Å². The molecule has 2 nitrogen and oxygen atoms in total. The van der Waals surface area contributed by atoms with Crippen molar-refractivity contribution in [2.24, 2.45) is 0 Å². The number of pyridine rings is 1. The molecule has 0 aromatic carbocycles. The maximum absolute atomic E-state index is 6.15. The molecule has 2 aromatic heterocycles. The zero-order valence-corrected chi connectivity index (χ0v) is 11.2. The van der Waals surface area contributed by atoms with Crippen molar-refractivity contribution < 1.29 is 0 Å². The standard InChI is InChI=1S/C11H10Cl2N2S/c1-6-7(3-4-16-6)10-8(12)5-9(13)11(14-2)15-10/h3-5H,1-2H3,(H,14,15). The Bertz CT molecular complexity index is 523. The molecule has 1 N–H and O–H groups in total. The number of aromatic nitrogens is 1. The number of hydrogen-bond acceptors (Lipinski definition) is 3. The second-order valence-electron chi connectivity index (χ2n) is 3.29. The number of thiophene rings is 1. The fourth-order valence-electron chi connectivity index (χ4n) is 1.46. The minimum Gasteiger partial charge on any atom is -0.372 e. The summed E-state index contributed by atoms with van der Waals surface area (Å²) < 4.78 is 0. The zero-order chi connectivity index (χ0) is 11.7. The van der Waals surface area contributed by atoms with Crippen molar-refractivity contribution in [1.82, 2.24) is 4.98 Å². The molecular weight excluding hydrogens is 263 g/mol. The highest BCUT2D eigenvalue weighted by Crippen LogP contribution is 2.35. The highest BCUT2D eigenvalue weighted by molar-refractivity contribution is 7.10. The number of hydrogen-bond donors (Lipinski definition) is 1. The molecule has 0 aliphatic rings. The molecular formula is C11H10Cl2N2S. The maximum Gasteiger partial charge on any atom is 0.145 e. The molecule has 2 rings (SSSR count). The summed E-state index contributed by atoms with van der Waals surface area (Å²) in [5.41, 5.74) is 1.83. The molecule has 0 spiro atoms. The Morgan fingerprint density at radius 2 is 2.06 bits per heavy atom. The maximum atomic E-state index is 6.15. The van der Waals surface area contributed by atoms with E-state index >= 15 is 0 Å². The lowest BCUT2D eigenvalue weighted by atomic mass is 10.2. The van der Waals surface area contributed by atoms with Crippen LogP contribution in [0.3, 0.4) is 0 Å². The third-order valence-electron chi connectivity index (χ3n) is 2.28. The van der Waals surface area contributed by atoms with Gasteiger partial charge in [0.15, 0.2) is 0 Å². The molecule has 2 heterocycles. The van der Waals surface area contributed by atoms with E-state index in [-0.39, 0.29) is 0 Å². The summed E-state index contributed by atoms with van der Waals surface area (Å²) in [7, 11) is 1.78. The molecule has 0 saturated carbocycles. The van der Waals surface area contributed by atoms with E-state index in [1.54, 1.807) is 24.5 Å². The number of nitrogens with one attached hydrogen (secondary N) is 1. The summed E-state index contributed by atoms with van der Waals surface area (Å²) in [5.74, 6) is 0.645. The van der Waals surface area contributed by atoms with Crippen molar-refractivity contribution in [1.29, 1.82) is 0 Å². The Morgan fingerprint density at radius 1 is 1.31 bits per heavy atom. The molecule has 0 atom stereocenters. The van der Waals surface area contributed by atoms with E-state index in [9.17, 15) is 0 Å². The van der Waals surface area contributed by atoms with Crippen LogP contribution in [0.2, 0.25) is 10.0 Å². The predicted octanol–water partition coefficient (Wildman–Crippen LogP) is 4.47. The SMILES string of the molecule is CNc1nc(-c2ccsc2C)c(Cl)cc1Cl. The molecule has 16 heavy (non-hydrogen) atoms. The topological polar surface area (TPSA) is 24.9 Å². The second-order valence-corrected chi connectivity index (χ2v) is 5.22. The normalized spacial score (nSPS) is 10.5. The number of rotatable bonds is 2. The van der Waals surface area contributed by atoms with Gasteiger partial charge in [-0.2, -0.15) is 0 Å². The predicted molar refractivity (Wildman–Crippen MR) is 71.9 cm³/mol. The van der Waals surface area contributed by atoms with Gasteiger partial charge in [-0.25, -0.2) is 4.98 Å². The molecule has 5 heteroatoms. The molecule has 0 aliphatic heterocycles. The van der Waals surface area contributed by atoms with E-state index in [1.807, 2.05) is 18.4 Å². The van der Waals surface area contributed by atoms with Gasteiger partial charge in [-0.05, 0) is 24.4 Å². The highest BCUT2D eigenvalue weighted by Gasteiger charge is 2.12. The Morgan fingerprint density at radius 3 is 2.62 bits per heavy atom. The van der Waals surface area contributed by atoms with Crippen molar-refractivity contribution >= 4 is 40.4 Å². The van der Waals surface area contributed by atoms with Crippen LogP contribution in [-0.4, -0.2) is 12.0 Å². The number of nitrogens with zero attached hydrogens (tertiary/aromatic N) is 1. The van der Waals surface area contributed by atoms with Crippen LogP contribution >= 0.6 is 34.5 Å². The van der Waals surface area contributed by atoms with Gasteiger partial charge >= 0.3 is 0 Å². The van der Waals surface area contributed by atoms with Crippen molar-refractivity contribution in [3.63, 3.8) is 0 Å². The van der Waals surface area contributed by atoms with Crippen LogP contribution < -0.4 is 5.32 Å². The highest BCUT2D eigenvalue weighted by atomic mass is 35.5. The molecule has 0 amide bonds. The Labute approximate surface area is 108 Å². The van der Waals surface area contributed by atoms with Crippen LogP contribution in [0.15, 0.2) is 17.5 Å². The molecule has 0 radical (unpaired) electrons. The van der Waals surface area contributed by atoms with E-state index in [4.69, 9.17) is 23.2 Å². The fraction of sp³-hybridized carbons (Fsp3) is 0.182. The van der Waals surface area contributed by atoms with Gasteiger partial charge in [0.1, 0.15) is 5.82 Å². The van der Waals surface area contributed by atoms with Crippen molar-refractivity contribution in [2.45, 2.75) is 6.92 Å². The van der Waals surface area contributed by atoms with Crippen LogP contribution in [0.5, 0.6) is 0 Å². The van der Waals surface area contributed by atoms with Crippen molar-refractivity contribution in [3.05, 3.63) is 32.4 Å². The minimum absolute atomic E-state index is 0.532. The Hall–Kier alpha value is -0.770. The van der Waals surface area contributed by atoms with Gasteiger partial charge in [-0.3, -0.25) is 0 Å². The zero-order valence-electron chi connectivity index (χ0n) is 8.84. The molecule has 0 saturated heterocycles.